The standard InChI is InChI=1S/C23H37N3O2/c1-22-9-5-16(26-28-17-8-11-24-14-17)13-15(22)7-12-25-21-18-3-4-20(27)23(18,2)10-6-19(21)22/h15,17-19,21,24-25H,3-14H2,1-2H3/b26-16-/t15?,17-,18+,19+,21+,22+,23+/m1/s1. The van der Waals surface area contributed by atoms with E-state index in [4.69, 9.17) is 4.84 Å². The molecule has 3 aliphatic carbocycles. The van der Waals surface area contributed by atoms with Gasteiger partial charge in [-0.15, -0.1) is 0 Å². The van der Waals surface area contributed by atoms with Gasteiger partial charge in [0, 0.05) is 30.8 Å². The van der Waals surface area contributed by atoms with Crippen molar-refractivity contribution in [2.45, 2.75) is 83.8 Å². The summed E-state index contributed by atoms with van der Waals surface area (Å²) < 4.78 is 0. The van der Waals surface area contributed by atoms with Crippen LogP contribution in [-0.2, 0) is 9.63 Å². The largest absolute Gasteiger partial charge is 0.391 e. The van der Waals surface area contributed by atoms with Gasteiger partial charge in [-0.25, -0.2) is 0 Å². The van der Waals surface area contributed by atoms with Crippen LogP contribution in [0.15, 0.2) is 5.16 Å². The van der Waals surface area contributed by atoms with Gasteiger partial charge in [-0.1, -0.05) is 19.0 Å². The van der Waals surface area contributed by atoms with Crippen LogP contribution in [0.25, 0.3) is 0 Å². The Labute approximate surface area is 169 Å². The number of Topliss-reactive ketones (excluding diaryl/α,β-unsaturated/α-hetero) is 1. The second kappa shape index (κ2) is 7.09. The Morgan fingerprint density at radius 2 is 1.93 bits per heavy atom. The molecule has 3 saturated carbocycles. The van der Waals surface area contributed by atoms with Crippen molar-refractivity contribution in [1.82, 2.24) is 10.6 Å². The van der Waals surface area contributed by atoms with Crippen molar-refractivity contribution in [2.75, 3.05) is 19.6 Å². The van der Waals surface area contributed by atoms with Crippen molar-refractivity contribution in [2.24, 2.45) is 33.7 Å². The van der Waals surface area contributed by atoms with E-state index in [1.807, 2.05) is 0 Å². The van der Waals surface area contributed by atoms with E-state index >= 15 is 0 Å². The van der Waals surface area contributed by atoms with Gasteiger partial charge in [-0.2, -0.15) is 0 Å². The molecule has 5 aliphatic rings. The predicted octanol–water partition coefficient (Wildman–Crippen LogP) is 3.28. The van der Waals surface area contributed by atoms with E-state index in [9.17, 15) is 4.79 Å². The zero-order valence-electron chi connectivity index (χ0n) is 17.6. The molecule has 0 aromatic rings. The van der Waals surface area contributed by atoms with Crippen LogP contribution in [-0.4, -0.2) is 43.3 Å². The number of carbonyl (C=O) groups is 1. The number of ketones is 1. The lowest BCUT2D eigenvalue weighted by atomic mass is 9.52. The van der Waals surface area contributed by atoms with Crippen LogP contribution >= 0.6 is 0 Å². The maximum atomic E-state index is 12.6. The molecule has 5 rings (SSSR count). The van der Waals surface area contributed by atoms with Crippen LogP contribution in [0.5, 0.6) is 0 Å². The molecule has 0 aromatic heterocycles. The molecule has 156 valence electrons. The molecular weight excluding hydrogens is 350 g/mol. The highest BCUT2D eigenvalue weighted by molar-refractivity contribution is 5.87. The normalized spacial score (nSPS) is 50.0. The molecule has 0 aromatic carbocycles. The Morgan fingerprint density at radius 3 is 2.75 bits per heavy atom. The van der Waals surface area contributed by atoms with E-state index < -0.39 is 0 Å². The Hall–Kier alpha value is -0.940. The minimum atomic E-state index is -0.0607. The van der Waals surface area contributed by atoms with Crippen molar-refractivity contribution in [3.8, 4) is 0 Å². The first-order valence-corrected chi connectivity index (χ1v) is 11.7. The van der Waals surface area contributed by atoms with Gasteiger partial charge in [0.2, 0.25) is 0 Å². The van der Waals surface area contributed by atoms with Gasteiger partial charge in [0.15, 0.2) is 0 Å². The first kappa shape index (κ1) is 19.0. The van der Waals surface area contributed by atoms with E-state index in [1.54, 1.807) is 0 Å². The van der Waals surface area contributed by atoms with Crippen molar-refractivity contribution in [3.05, 3.63) is 0 Å². The number of oxime groups is 1. The Bertz CT molecular complexity index is 658. The van der Waals surface area contributed by atoms with Crippen LogP contribution in [0, 0.1) is 28.6 Å². The van der Waals surface area contributed by atoms with Crippen LogP contribution < -0.4 is 10.6 Å². The fourth-order valence-corrected chi connectivity index (χ4v) is 7.47. The molecule has 2 heterocycles. The quantitative estimate of drug-likeness (QED) is 0.714. The lowest BCUT2D eigenvalue weighted by molar-refractivity contribution is -0.130. The van der Waals surface area contributed by atoms with E-state index in [0.717, 1.165) is 58.2 Å². The van der Waals surface area contributed by atoms with Crippen LogP contribution in [0.1, 0.15) is 71.6 Å². The molecule has 2 N–H and O–H groups in total. The third kappa shape index (κ3) is 2.96. The Morgan fingerprint density at radius 1 is 1.04 bits per heavy atom. The summed E-state index contributed by atoms with van der Waals surface area (Å²) in [6.07, 6.45) is 10.2. The molecule has 2 saturated heterocycles. The Kier molecular flexibility index (Phi) is 4.82. The fraction of sp³-hybridized carbons (Fsp3) is 0.913. The summed E-state index contributed by atoms with van der Waals surface area (Å²) in [5, 5.41) is 11.9. The number of nitrogens with one attached hydrogen (secondary N) is 2. The highest BCUT2D eigenvalue weighted by Gasteiger charge is 2.59. The first-order chi connectivity index (χ1) is 13.5. The molecular formula is C23H37N3O2. The second-order valence-electron chi connectivity index (χ2n) is 10.7. The van der Waals surface area contributed by atoms with Crippen LogP contribution in [0.2, 0.25) is 0 Å². The van der Waals surface area contributed by atoms with Crippen molar-refractivity contribution in [1.29, 1.82) is 0 Å². The predicted molar refractivity (Wildman–Crippen MR) is 110 cm³/mol. The topological polar surface area (TPSA) is 62.7 Å². The summed E-state index contributed by atoms with van der Waals surface area (Å²) >= 11 is 0. The minimum absolute atomic E-state index is 0.0607. The summed E-state index contributed by atoms with van der Waals surface area (Å²) in [6, 6.07) is 0.527. The minimum Gasteiger partial charge on any atom is -0.391 e. The number of hydrogen-bond donors (Lipinski definition) is 2. The number of nitrogens with zero attached hydrogens (tertiary/aromatic N) is 1. The van der Waals surface area contributed by atoms with Crippen LogP contribution in [0.3, 0.4) is 0 Å². The number of hydrogen-bond acceptors (Lipinski definition) is 5. The van der Waals surface area contributed by atoms with Crippen molar-refractivity contribution < 1.29 is 9.63 Å². The third-order valence-corrected chi connectivity index (χ3v) is 9.41. The molecule has 2 aliphatic heterocycles. The molecule has 1 unspecified atom stereocenters. The summed E-state index contributed by atoms with van der Waals surface area (Å²) in [5.74, 6) is 2.46. The van der Waals surface area contributed by atoms with E-state index in [-0.39, 0.29) is 11.5 Å². The lowest BCUT2D eigenvalue weighted by Crippen LogP contribution is -2.56. The number of carbonyl (C=O) groups excluding carboxylic acids is 1. The zero-order valence-corrected chi connectivity index (χ0v) is 17.6. The molecule has 0 bridgehead atoms. The highest BCUT2D eigenvalue weighted by atomic mass is 16.6. The summed E-state index contributed by atoms with van der Waals surface area (Å²) in [6.45, 7) is 7.89. The number of rotatable bonds is 2. The van der Waals surface area contributed by atoms with Crippen molar-refractivity contribution in [3.63, 3.8) is 0 Å². The van der Waals surface area contributed by atoms with Crippen molar-refractivity contribution >= 4 is 11.5 Å². The SMILES string of the molecule is C[C@]12CC/C(=N/O[C@@H]3CCNC3)CC1CCN[C@@H]1[C@@H]2CC[C@]2(C)C(=O)CC[C@@H]12. The molecule has 0 radical (unpaired) electrons. The molecule has 5 heteroatoms. The molecule has 0 spiro atoms. The third-order valence-electron chi connectivity index (χ3n) is 9.41. The average molecular weight is 388 g/mol. The van der Waals surface area contributed by atoms with Gasteiger partial charge in [0.25, 0.3) is 0 Å². The van der Waals surface area contributed by atoms with E-state index in [0.29, 0.717) is 35.0 Å². The van der Waals surface area contributed by atoms with E-state index in [1.165, 1.54) is 25.0 Å². The molecule has 5 nitrogen and oxygen atoms in total. The summed E-state index contributed by atoms with van der Waals surface area (Å²) in [5.41, 5.74) is 1.59. The van der Waals surface area contributed by atoms with Gasteiger partial charge >= 0.3 is 0 Å². The summed E-state index contributed by atoms with van der Waals surface area (Å²) in [4.78, 5) is 18.5. The molecule has 7 atom stereocenters. The molecule has 5 fully saturated rings. The van der Waals surface area contributed by atoms with Gasteiger partial charge in [-0.3, -0.25) is 4.79 Å². The second-order valence-corrected chi connectivity index (χ2v) is 10.7. The smallest absolute Gasteiger partial charge is 0.141 e. The van der Waals surface area contributed by atoms with Gasteiger partial charge in [0.1, 0.15) is 11.9 Å². The lowest BCUT2D eigenvalue weighted by Gasteiger charge is -2.54. The van der Waals surface area contributed by atoms with Crippen LogP contribution in [0.4, 0.5) is 0 Å². The number of fused-ring (bicyclic) bond motifs is 5. The monoisotopic (exact) mass is 387 g/mol. The van der Waals surface area contributed by atoms with E-state index in [2.05, 4.69) is 29.6 Å². The average Bonchev–Trinajstić information content (AvgIpc) is 3.27. The van der Waals surface area contributed by atoms with Gasteiger partial charge in [0.05, 0.1) is 5.71 Å². The van der Waals surface area contributed by atoms with Gasteiger partial charge < -0.3 is 15.5 Å². The fourth-order valence-electron chi connectivity index (χ4n) is 7.47. The summed E-state index contributed by atoms with van der Waals surface area (Å²) in [7, 11) is 0. The molecule has 0 amide bonds. The Balaban J connectivity index is 1.33. The maximum Gasteiger partial charge on any atom is 0.141 e. The van der Waals surface area contributed by atoms with Gasteiger partial charge in [-0.05, 0) is 81.2 Å². The first-order valence-electron chi connectivity index (χ1n) is 11.7. The highest BCUT2D eigenvalue weighted by Crippen LogP contribution is 2.59. The zero-order chi connectivity index (χ0) is 19.4. The molecule has 28 heavy (non-hydrogen) atoms. The maximum absolute atomic E-state index is 12.6.